The lowest BCUT2D eigenvalue weighted by Crippen LogP contribution is -2.23. The molecule has 0 aliphatic heterocycles. The van der Waals surface area contributed by atoms with Gasteiger partial charge in [0.15, 0.2) is 0 Å². The van der Waals surface area contributed by atoms with Gasteiger partial charge in [-0.1, -0.05) is 19.1 Å². The summed E-state index contributed by atoms with van der Waals surface area (Å²) in [6, 6.07) is 6.35. The summed E-state index contributed by atoms with van der Waals surface area (Å²) in [5.74, 6) is 1.11. The molecule has 0 saturated carbocycles. The van der Waals surface area contributed by atoms with Crippen LogP contribution in [0, 0.1) is 6.92 Å². The van der Waals surface area contributed by atoms with Crippen molar-refractivity contribution in [2.24, 2.45) is 0 Å². The van der Waals surface area contributed by atoms with E-state index in [1.807, 2.05) is 19.1 Å². The number of nitrogens with one attached hydrogen (secondary N) is 1. The zero-order valence-electron chi connectivity index (χ0n) is 13.5. The third kappa shape index (κ3) is 6.48. The van der Waals surface area contributed by atoms with Gasteiger partial charge in [0.1, 0.15) is 15.6 Å². The molecule has 0 fully saturated rings. The second-order valence-corrected chi connectivity index (χ2v) is 7.77. The smallest absolute Gasteiger partial charge is 0.147 e. The summed E-state index contributed by atoms with van der Waals surface area (Å²) in [4.78, 5) is 0. The number of sulfone groups is 1. The maximum absolute atomic E-state index is 11.3. The molecule has 1 aromatic rings. The average Bonchev–Trinajstić information content (AvgIpc) is 2.42. The molecule has 5 heteroatoms. The van der Waals surface area contributed by atoms with Crippen LogP contribution in [0.5, 0.6) is 5.75 Å². The van der Waals surface area contributed by atoms with Crippen molar-refractivity contribution in [3.8, 4) is 5.75 Å². The maximum Gasteiger partial charge on any atom is 0.147 e. The Kier molecular flexibility index (Phi) is 7.18. The minimum Gasteiger partial charge on any atom is -0.496 e. The Hall–Kier alpha value is -1.07. The minimum atomic E-state index is -2.89. The first-order valence-electron chi connectivity index (χ1n) is 7.43. The summed E-state index contributed by atoms with van der Waals surface area (Å²) in [5, 5.41) is 3.49. The molecule has 0 bridgehead atoms. The third-order valence-corrected chi connectivity index (χ3v) is 4.51. The van der Waals surface area contributed by atoms with Crippen molar-refractivity contribution in [3.05, 3.63) is 29.3 Å². The molecular weight excluding hydrogens is 286 g/mol. The molecule has 0 heterocycles. The Morgan fingerprint density at radius 2 is 2.05 bits per heavy atom. The van der Waals surface area contributed by atoms with Crippen LogP contribution in [-0.2, 0) is 9.84 Å². The lowest BCUT2D eigenvalue weighted by atomic mass is 10.0. The van der Waals surface area contributed by atoms with E-state index in [-0.39, 0.29) is 11.8 Å². The van der Waals surface area contributed by atoms with E-state index < -0.39 is 9.84 Å². The fraction of sp³-hybridized carbons (Fsp3) is 0.625. The van der Waals surface area contributed by atoms with Crippen LogP contribution in [-0.4, -0.2) is 34.1 Å². The normalized spacial score (nSPS) is 13.1. The molecule has 1 rings (SSSR count). The molecule has 4 nitrogen and oxygen atoms in total. The first-order chi connectivity index (χ1) is 9.87. The molecule has 21 heavy (non-hydrogen) atoms. The van der Waals surface area contributed by atoms with Crippen molar-refractivity contribution >= 4 is 9.84 Å². The van der Waals surface area contributed by atoms with Gasteiger partial charge in [0.2, 0.25) is 0 Å². The van der Waals surface area contributed by atoms with E-state index in [1.54, 1.807) is 7.11 Å². The fourth-order valence-electron chi connectivity index (χ4n) is 2.31. The van der Waals surface area contributed by atoms with Gasteiger partial charge in [-0.15, -0.1) is 0 Å². The summed E-state index contributed by atoms with van der Waals surface area (Å²) in [7, 11) is -1.22. The first-order valence-corrected chi connectivity index (χ1v) is 9.49. The van der Waals surface area contributed by atoms with Gasteiger partial charge < -0.3 is 10.1 Å². The Labute approximate surface area is 128 Å². The highest BCUT2D eigenvalue weighted by Crippen LogP contribution is 2.26. The van der Waals surface area contributed by atoms with E-state index in [2.05, 4.69) is 18.3 Å². The van der Waals surface area contributed by atoms with Gasteiger partial charge in [-0.2, -0.15) is 0 Å². The van der Waals surface area contributed by atoms with Gasteiger partial charge in [0.05, 0.1) is 7.11 Å². The number of hydrogen-bond donors (Lipinski definition) is 1. The quantitative estimate of drug-likeness (QED) is 0.761. The number of benzene rings is 1. The molecule has 0 amide bonds. The molecule has 1 N–H and O–H groups in total. The highest BCUT2D eigenvalue weighted by atomic mass is 32.2. The van der Waals surface area contributed by atoms with E-state index in [9.17, 15) is 8.42 Å². The van der Waals surface area contributed by atoms with Crippen LogP contribution >= 0.6 is 0 Å². The molecule has 1 aromatic carbocycles. The van der Waals surface area contributed by atoms with Crippen LogP contribution in [0.3, 0.4) is 0 Å². The van der Waals surface area contributed by atoms with E-state index in [0.717, 1.165) is 36.3 Å². The Balaban J connectivity index is 2.81. The Morgan fingerprint density at radius 1 is 1.33 bits per heavy atom. The average molecular weight is 313 g/mol. The summed E-state index contributed by atoms with van der Waals surface area (Å²) in [5.41, 5.74) is 2.26. The van der Waals surface area contributed by atoms with E-state index in [0.29, 0.717) is 6.42 Å². The lowest BCUT2D eigenvalue weighted by Gasteiger charge is -2.20. The highest BCUT2D eigenvalue weighted by Gasteiger charge is 2.13. The van der Waals surface area contributed by atoms with Gasteiger partial charge >= 0.3 is 0 Å². The topological polar surface area (TPSA) is 55.4 Å². The van der Waals surface area contributed by atoms with Crippen molar-refractivity contribution in [1.82, 2.24) is 5.32 Å². The second kappa shape index (κ2) is 8.39. The van der Waals surface area contributed by atoms with Crippen molar-refractivity contribution < 1.29 is 13.2 Å². The number of methoxy groups -OCH3 is 1. The van der Waals surface area contributed by atoms with Crippen LogP contribution in [0.15, 0.2) is 18.2 Å². The van der Waals surface area contributed by atoms with Gasteiger partial charge in [-0.25, -0.2) is 8.42 Å². The van der Waals surface area contributed by atoms with Gasteiger partial charge in [0, 0.05) is 18.1 Å². The zero-order chi connectivity index (χ0) is 15.9. The summed E-state index contributed by atoms with van der Waals surface area (Å²) in [6.45, 7) is 5.05. The highest BCUT2D eigenvalue weighted by molar-refractivity contribution is 7.90. The van der Waals surface area contributed by atoms with Crippen LogP contribution in [0.4, 0.5) is 0 Å². The molecular formula is C16H27NO3S. The summed E-state index contributed by atoms with van der Waals surface area (Å²) < 4.78 is 27.9. The van der Waals surface area contributed by atoms with Crippen LogP contribution < -0.4 is 10.1 Å². The predicted octanol–water partition coefficient (Wildman–Crippen LogP) is 2.87. The minimum absolute atomic E-state index is 0.168. The van der Waals surface area contributed by atoms with Gasteiger partial charge in [-0.3, -0.25) is 0 Å². The van der Waals surface area contributed by atoms with E-state index >= 15 is 0 Å². The predicted molar refractivity (Wildman–Crippen MR) is 87.7 cm³/mol. The first kappa shape index (κ1) is 18.0. The number of hydrogen-bond acceptors (Lipinski definition) is 4. The van der Waals surface area contributed by atoms with Crippen molar-refractivity contribution in [2.75, 3.05) is 25.7 Å². The molecule has 0 saturated heterocycles. The third-order valence-electron chi connectivity index (χ3n) is 3.48. The maximum atomic E-state index is 11.3. The Bertz CT molecular complexity index is 540. The van der Waals surface area contributed by atoms with Crippen LogP contribution in [0.25, 0.3) is 0 Å². The molecule has 1 atom stereocenters. The number of ether oxygens (including phenoxy) is 1. The lowest BCUT2D eigenvalue weighted by molar-refractivity contribution is 0.409. The molecule has 0 spiro atoms. The fourth-order valence-corrected chi connectivity index (χ4v) is 3.00. The zero-order valence-corrected chi connectivity index (χ0v) is 14.3. The molecule has 0 aliphatic rings. The summed E-state index contributed by atoms with van der Waals surface area (Å²) >= 11 is 0. The molecule has 0 aromatic heterocycles. The number of rotatable bonds is 9. The second-order valence-electron chi connectivity index (χ2n) is 5.51. The monoisotopic (exact) mass is 313 g/mol. The number of aryl methyl sites for hydroxylation is 1. The van der Waals surface area contributed by atoms with Gasteiger partial charge in [-0.05, 0) is 49.9 Å². The van der Waals surface area contributed by atoms with Crippen LogP contribution in [0.2, 0.25) is 0 Å². The van der Waals surface area contributed by atoms with Crippen molar-refractivity contribution in [2.45, 2.75) is 39.2 Å². The Morgan fingerprint density at radius 3 is 2.62 bits per heavy atom. The molecule has 120 valence electrons. The largest absolute Gasteiger partial charge is 0.496 e. The van der Waals surface area contributed by atoms with Crippen molar-refractivity contribution in [3.63, 3.8) is 0 Å². The molecule has 0 radical (unpaired) electrons. The van der Waals surface area contributed by atoms with Crippen LogP contribution in [0.1, 0.15) is 43.4 Å². The van der Waals surface area contributed by atoms with Gasteiger partial charge in [0.25, 0.3) is 0 Å². The SMILES string of the molecule is CCCNC(CCCS(C)(=O)=O)c1ccc(C)c(OC)c1. The standard InChI is InChI=1S/C16H27NO3S/c1-5-10-17-15(7-6-11-21(4,18)19)14-9-8-13(2)16(12-14)20-3/h8-9,12,15,17H,5-7,10-11H2,1-4H3. The van der Waals surface area contributed by atoms with Crippen molar-refractivity contribution in [1.29, 1.82) is 0 Å². The van der Waals surface area contributed by atoms with E-state index in [1.165, 1.54) is 6.26 Å². The van der Waals surface area contributed by atoms with E-state index in [4.69, 9.17) is 4.74 Å². The molecule has 1 unspecified atom stereocenters. The molecule has 0 aliphatic carbocycles. The summed E-state index contributed by atoms with van der Waals surface area (Å²) in [6.07, 6.45) is 3.80.